The molecule has 0 aliphatic rings. The number of anilines is 1. The molecule has 0 unspecified atom stereocenters. The molecule has 3 nitrogen and oxygen atoms in total. The molecule has 0 atom stereocenters. The van der Waals surface area contributed by atoms with Crippen LogP contribution >= 0.6 is 0 Å². The lowest BCUT2D eigenvalue weighted by Crippen LogP contribution is -2.25. The van der Waals surface area contributed by atoms with Gasteiger partial charge in [0.1, 0.15) is 0 Å². The summed E-state index contributed by atoms with van der Waals surface area (Å²) in [6.07, 6.45) is 2.27. The predicted octanol–water partition coefficient (Wildman–Crippen LogP) is 3.01. The van der Waals surface area contributed by atoms with Crippen LogP contribution in [-0.4, -0.2) is 38.0 Å². The van der Waals surface area contributed by atoms with Gasteiger partial charge in [0.2, 0.25) is 0 Å². The zero-order chi connectivity index (χ0) is 13.5. The Hall–Kier alpha value is -1.51. The minimum absolute atomic E-state index is 0.0547. The molecule has 0 bridgehead atoms. The van der Waals surface area contributed by atoms with Crippen LogP contribution in [0.15, 0.2) is 24.3 Å². The molecule has 1 amide bonds. The number of hydrogen-bond donors (Lipinski definition) is 0. The van der Waals surface area contributed by atoms with E-state index in [4.69, 9.17) is 0 Å². The maximum absolute atomic E-state index is 11.8. The van der Waals surface area contributed by atoms with Gasteiger partial charge in [-0.1, -0.05) is 13.8 Å². The molecule has 3 heteroatoms. The summed E-state index contributed by atoms with van der Waals surface area (Å²) in [7, 11) is 3.55. The lowest BCUT2D eigenvalue weighted by Gasteiger charge is -2.24. The van der Waals surface area contributed by atoms with Gasteiger partial charge in [0.25, 0.3) is 5.91 Å². The second-order valence-electron chi connectivity index (χ2n) is 4.73. The molecule has 100 valence electrons. The number of carbonyl (C=O) groups is 1. The maximum atomic E-state index is 11.8. The average Bonchev–Trinajstić information content (AvgIpc) is 2.38. The van der Waals surface area contributed by atoms with Crippen molar-refractivity contribution in [3.63, 3.8) is 0 Å². The van der Waals surface area contributed by atoms with E-state index in [-0.39, 0.29) is 5.91 Å². The van der Waals surface area contributed by atoms with Gasteiger partial charge in [0.05, 0.1) is 0 Å². The summed E-state index contributed by atoms with van der Waals surface area (Å²) in [5.41, 5.74) is 1.95. The van der Waals surface area contributed by atoms with Crippen LogP contribution in [-0.2, 0) is 0 Å². The third-order valence-corrected chi connectivity index (χ3v) is 2.87. The van der Waals surface area contributed by atoms with E-state index in [9.17, 15) is 4.79 Å². The van der Waals surface area contributed by atoms with Gasteiger partial charge in [-0.05, 0) is 37.1 Å². The van der Waals surface area contributed by atoms with E-state index in [0.717, 1.165) is 31.5 Å². The zero-order valence-electron chi connectivity index (χ0n) is 11.9. The number of benzene rings is 1. The Labute approximate surface area is 110 Å². The predicted molar refractivity (Wildman–Crippen MR) is 77.3 cm³/mol. The van der Waals surface area contributed by atoms with E-state index < -0.39 is 0 Å². The lowest BCUT2D eigenvalue weighted by molar-refractivity contribution is 0.0827. The van der Waals surface area contributed by atoms with E-state index in [2.05, 4.69) is 18.7 Å². The van der Waals surface area contributed by atoms with Crippen LogP contribution in [0.5, 0.6) is 0 Å². The lowest BCUT2D eigenvalue weighted by atomic mass is 10.1. The number of rotatable bonds is 6. The Morgan fingerprint density at radius 3 is 1.89 bits per heavy atom. The molecule has 0 saturated heterocycles. The van der Waals surface area contributed by atoms with Gasteiger partial charge in [0.15, 0.2) is 0 Å². The Morgan fingerprint density at radius 2 is 1.50 bits per heavy atom. The van der Waals surface area contributed by atoms with Crippen molar-refractivity contribution < 1.29 is 4.79 Å². The average molecular weight is 248 g/mol. The van der Waals surface area contributed by atoms with Gasteiger partial charge in [0, 0.05) is 38.4 Å². The summed E-state index contributed by atoms with van der Waals surface area (Å²) in [6, 6.07) is 7.91. The standard InChI is InChI=1S/C15H24N2O/c1-5-11-17(12-6-2)14-9-7-13(8-10-14)15(18)16(3)4/h7-10H,5-6,11-12H2,1-4H3. The largest absolute Gasteiger partial charge is 0.372 e. The minimum atomic E-state index is 0.0547. The van der Waals surface area contributed by atoms with Crippen molar-refractivity contribution in [1.29, 1.82) is 0 Å². The number of nitrogens with zero attached hydrogens (tertiary/aromatic N) is 2. The molecule has 0 radical (unpaired) electrons. The fraction of sp³-hybridized carbons (Fsp3) is 0.533. The number of amides is 1. The van der Waals surface area contributed by atoms with Crippen molar-refractivity contribution in [3.8, 4) is 0 Å². The summed E-state index contributed by atoms with van der Waals surface area (Å²) < 4.78 is 0. The summed E-state index contributed by atoms with van der Waals surface area (Å²) in [5, 5.41) is 0. The van der Waals surface area contributed by atoms with Gasteiger partial charge < -0.3 is 9.80 Å². The van der Waals surface area contributed by atoms with Gasteiger partial charge >= 0.3 is 0 Å². The smallest absolute Gasteiger partial charge is 0.253 e. The highest BCUT2D eigenvalue weighted by Gasteiger charge is 2.09. The molecule has 1 aromatic rings. The molecule has 0 spiro atoms. The zero-order valence-corrected chi connectivity index (χ0v) is 11.9. The quantitative estimate of drug-likeness (QED) is 0.772. The second kappa shape index (κ2) is 7.04. The normalized spacial score (nSPS) is 10.2. The Balaban J connectivity index is 2.83. The third kappa shape index (κ3) is 3.76. The van der Waals surface area contributed by atoms with E-state index in [1.54, 1.807) is 19.0 Å². The van der Waals surface area contributed by atoms with Crippen molar-refractivity contribution in [2.75, 3.05) is 32.1 Å². The summed E-state index contributed by atoms with van der Waals surface area (Å²) in [4.78, 5) is 15.8. The summed E-state index contributed by atoms with van der Waals surface area (Å²) >= 11 is 0. The van der Waals surface area contributed by atoms with Gasteiger partial charge in [-0.2, -0.15) is 0 Å². The summed E-state index contributed by atoms with van der Waals surface area (Å²) in [6.45, 7) is 6.50. The molecule has 0 aromatic heterocycles. The van der Waals surface area contributed by atoms with Crippen LogP contribution in [0.25, 0.3) is 0 Å². The number of carbonyl (C=O) groups excluding carboxylic acids is 1. The van der Waals surface area contributed by atoms with Crippen molar-refractivity contribution in [1.82, 2.24) is 4.90 Å². The molecule has 1 rings (SSSR count). The summed E-state index contributed by atoms with van der Waals surface area (Å²) in [5.74, 6) is 0.0547. The highest BCUT2D eigenvalue weighted by Crippen LogP contribution is 2.16. The van der Waals surface area contributed by atoms with Gasteiger partial charge in [-0.25, -0.2) is 0 Å². The first-order valence-electron chi connectivity index (χ1n) is 6.66. The molecule has 1 aromatic carbocycles. The van der Waals surface area contributed by atoms with Crippen molar-refractivity contribution in [3.05, 3.63) is 29.8 Å². The van der Waals surface area contributed by atoms with E-state index >= 15 is 0 Å². The SMILES string of the molecule is CCCN(CCC)c1ccc(C(=O)N(C)C)cc1. The van der Waals surface area contributed by atoms with E-state index in [0.29, 0.717) is 0 Å². The van der Waals surface area contributed by atoms with Crippen molar-refractivity contribution in [2.45, 2.75) is 26.7 Å². The van der Waals surface area contributed by atoms with E-state index in [1.807, 2.05) is 24.3 Å². The topological polar surface area (TPSA) is 23.6 Å². The first-order chi connectivity index (χ1) is 8.60. The van der Waals surface area contributed by atoms with Crippen molar-refractivity contribution >= 4 is 11.6 Å². The fourth-order valence-electron chi connectivity index (χ4n) is 1.98. The molecule has 18 heavy (non-hydrogen) atoms. The molecule has 0 saturated carbocycles. The molecule has 0 N–H and O–H groups in total. The number of hydrogen-bond acceptors (Lipinski definition) is 2. The molecule has 0 heterocycles. The van der Waals surface area contributed by atoms with Crippen molar-refractivity contribution in [2.24, 2.45) is 0 Å². The minimum Gasteiger partial charge on any atom is -0.372 e. The van der Waals surface area contributed by atoms with Crippen LogP contribution in [0.2, 0.25) is 0 Å². The molecule has 0 fully saturated rings. The fourth-order valence-corrected chi connectivity index (χ4v) is 1.98. The molecular formula is C15H24N2O. The maximum Gasteiger partial charge on any atom is 0.253 e. The Bertz CT molecular complexity index is 365. The molecule has 0 aliphatic heterocycles. The molecule has 0 aliphatic carbocycles. The van der Waals surface area contributed by atoms with Gasteiger partial charge in [-0.15, -0.1) is 0 Å². The van der Waals surface area contributed by atoms with Crippen LogP contribution in [0.1, 0.15) is 37.0 Å². The van der Waals surface area contributed by atoms with Crippen LogP contribution in [0.4, 0.5) is 5.69 Å². The van der Waals surface area contributed by atoms with E-state index in [1.165, 1.54) is 5.69 Å². The highest BCUT2D eigenvalue weighted by molar-refractivity contribution is 5.94. The monoisotopic (exact) mass is 248 g/mol. The first-order valence-corrected chi connectivity index (χ1v) is 6.66. The second-order valence-corrected chi connectivity index (χ2v) is 4.73. The Kier molecular flexibility index (Phi) is 5.69. The first kappa shape index (κ1) is 14.6. The van der Waals surface area contributed by atoms with Gasteiger partial charge in [-0.3, -0.25) is 4.79 Å². The molecular weight excluding hydrogens is 224 g/mol. The Morgan fingerprint density at radius 1 is 1.00 bits per heavy atom. The highest BCUT2D eigenvalue weighted by atomic mass is 16.2. The van der Waals surface area contributed by atoms with Crippen LogP contribution < -0.4 is 4.90 Å². The van der Waals surface area contributed by atoms with Crippen LogP contribution in [0.3, 0.4) is 0 Å². The third-order valence-electron chi connectivity index (χ3n) is 2.87. The van der Waals surface area contributed by atoms with Crippen LogP contribution in [0, 0.1) is 0 Å².